The third-order valence-corrected chi connectivity index (χ3v) is 3.52. The van der Waals surface area contributed by atoms with E-state index < -0.39 is 6.09 Å². The molecule has 0 saturated heterocycles. The van der Waals surface area contributed by atoms with E-state index in [1.54, 1.807) is 24.3 Å². The Hall–Kier alpha value is -3.02. The molecule has 0 bridgehead atoms. The molecular weight excluding hydrogens is 320 g/mol. The van der Waals surface area contributed by atoms with Gasteiger partial charge in [0.2, 0.25) is 0 Å². The summed E-state index contributed by atoms with van der Waals surface area (Å²) in [4.78, 5) is 23.3. The number of para-hydroxylation sites is 1. The number of amides is 2. The van der Waals surface area contributed by atoms with Crippen molar-refractivity contribution in [1.82, 2.24) is 10.6 Å². The predicted molar refractivity (Wildman–Crippen MR) is 94.9 cm³/mol. The maximum atomic E-state index is 11.7. The summed E-state index contributed by atoms with van der Waals surface area (Å²) in [7, 11) is 0. The molecule has 2 aromatic rings. The Morgan fingerprint density at radius 3 is 2.32 bits per heavy atom. The molecule has 0 aliphatic heterocycles. The lowest BCUT2D eigenvalue weighted by Gasteiger charge is -2.10. The molecule has 0 atom stereocenters. The Kier molecular flexibility index (Phi) is 6.83. The van der Waals surface area contributed by atoms with Gasteiger partial charge in [0.1, 0.15) is 11.5 Å². The van der Waals surface area contributed by atoms with Crippen molar-refractivity contribution in [2.45, 2.75) is 13.8 Å². The van der Waals surface area contributed by atoms with Gasteiger partial charge in [-0.15, -0.1) is 0 Å². The minimum absolute atomic E-state index is 0.0725. The van der Waals surface area contributed by atoms with Gasteiger partial charge in [-0.3, -0.25) is 4.79 Å². The van der Waals surface area contributed by atoms with Crippen LogP contribution in [-0.4, -0.2) is 31.7 Å². The molecule has 6 nitrogen and oxygen atoms in total. The van der Waals surface area contributed by atoms with Crippen LogP contribution in [0.4, 0.5) is 4.79 Å². The average Bonchev–Trinajstić information content (AvgIpc) is 2.60. The lowest BCUT2D eigenvalue weighted by Crippen LogP contribution is -2.37. The topological polar surface area (TPSA) is 76.7 Å². The second kappa shape index (κ2) is 9.32. The Morgan fingerprint density at radius 1 is 0.880 bits per heavy atom. The van der Waals surface area contributed by atoms with Gasteiger partial charge in [-0.05, 0) is 49.2 Å². The third kappa shape index (κ3) is 6.55. The zero-order chi connectivity index (χ0) is 18.1. The second-order valence-corrected chi connectivity index (χ2v) is 5.51. The van der Waals surface area contributed by atoms with E-state index in [9.17, 15) is 9.59 Å². The highest BCUT2D eigenvalue weighted by molar-refractivity contribution is 5.77. The number of carbonyl (C=O) groups is 2. The molecule has 0 fully saturated rings. The predicted octanol–water partition coefficient (Wildman–Crippen LogP) is 2.59. The molecule has 0 unspecified atom stereocenters. The quantitative estimate of drug-likeness (QED) is 0.758. The molecule has 0 saturated carbocycles. The summed E-state index contributed by atoms with van der Waals surface area (Å²) in [5, 5.41) is 5.22. The van der Waals surface area contributed by atoms with E-state index in [-0.39, 0.29) is 19.1 Å². The minimum atomic E-state index is -0.563. The summed E-state index contributed by atoms with van der Waals surface area (Å²) in [6.07, 6.45) is -0.563. The first-order chi connectivity index (χ1) is 12.0. The molecule has 2 N–H and O–H groups in total. The van der Waals surface area contributed by atoms with Crippen LogP contribution in [-0.2, 0) is 4.79 Å². The Labute approximate surface area is 147 Å². The molecule has 25 heavy (non-hydrogen) atoms. The molecule has 6 heteroatoms. The summed E-state index contributed by atoms with van der Waals surface area (Å²) in [5.41, 5.74) is 2.28. The van der Waals surface area contributed by atoms with Crippen LogP contribution in [0, 0.1) is 13.8 Å². The molecule has 2 amide bonds. The number of rotatable bonds is 7. The largest absolute Gasteiger partial charge is 0.484 e. The zero-order valence-corrected chi connectivity index (χ0v) is 14.4. The first-order valence-corrected chi connectivity index (χ1v) is 8.02. The van der Waals surface area contributed by atoms with Gasteiger partial charge in [0, 0.05) is 13.1 Å². The maximum Gasteiger partial charge on any atom is 0.412 e. The number of hydrogen-bond donors (Lipinski definition) is 2. The molecule has 0 aromatic heterocycles. The summed E-state index contributed by atoms with van der Waals surface area (Å²) < 4.78 is 10.5. The lowest BCUT2D eigenvalue weighted by molar-refractivity contribution is -0.123. The van der Waals surface area contributed by atoms with Gasteiger partial charge in [0.15, 0.2) is 6.61 Å². The highest BCUT2D eigenvalue weighted by atomic mass is 16.6. The van der Waals surface area contributed by atoms with E-state index >= 15 is 0 Å². The Balaban J connectivity index is 1.60. The van der Waals surface area contributed by atoms with Crippen LogP contribution in [0.2, 0.25) is 0 Å². The van der Waals surface area contributed by atoms with E-state index in [0.29, 0.717) is 18.0 Å². The normalized spacial score (nSPS) is 10.0. The molecule has 0 aliphatic rings. The van der Waals surface area contributed by atoms with Crippen LogP contribution < -0.4 is 20.1 Å². The van der Waals surface area contributed by atoms with Gasteiger partial charge in [0.05, 0.1) is 0 Å². The van der Waals surface area contributed by atoms with E-state index in [2.05, 4.69) is 10.6 Å². The Morgan fingerprint density at radius 2 is 1.60 bits per heavy atom. The first-order valence-electron chi connectivity index (χ1n) is 8.02. The molecule has 0 aliphatic carbocycles. The monoisotopic (exact) mass is 342 g/mol. The molecule has 0 radical (unpaired) electrons. The van der Waals surface area contributed by atoms with Crippen molar-refractivity contribution in [3.63, 3.8) is 0 Å². The molecule has 0 heterocycles. The third-order valence-electron chi connectivity index (χ3n) is 3.52. The fraction of sp³-hybridized carbons (Fsp3) is 0.263. The van der Waals surface area contributed by atoms with Crippen LogP contribution in [0.15, 0.2) is 48.5 Å². The van der Waals surface area contributed by atoms with Crippen molar-refractivity contribution in [2.24, 2.45) is 0 Å². The summed E-state index contributed by atoms with van der Waals surface area (Å²) in [6, 6.07) is 14.4. The van der Waals surface area contributed by atoms with Gasteiger partial charge in [0.25, 0.3) is 5.91 Å². The van der Waals surface area contributed by atoms with E-state index in [0.717, 1.165) is 5.56 Å². The summed E-state index contributed by atoms with van der Waals surface area (Å²) in [5.74, 6) is 0.866. The number of hydrogen-bond acceptors (Lipinski definition) is 4. The van der Waals surface area contributed by atoms with Crippen LogP contribution >= 0.6 is 0 Å². The molecule has 2 rings (SSSR count). The molecule has 132 valence electrons. The van der Waals surface area contributed by atoms with E-state index in [1.165, 1.54) is 5.56 Å². The molecule has 2 aromatic carbocycles. The lowest BCUT2D eigenvalue weighted by atomic mass is 10.1. The van der Waals surface area contributed by atoms with E-state index in [4.69, 9.17) is 9.47 Å². The van der Waals surface area contributed by atoms with Crippen molar-refractivity contribution < 1.29 is 19.1 Å². The van der Waals surface area contributed by atoms with Crippen molar-refractivity contribution in [3.8, 4) is 11.5 Å². The van der Waals surface area contributed by atoms with Gasteiger partial charge in [-0.1, -0.05) is 24.3 Å². The summed E-state index contributed by atoms with van der Waals surface area (Å²) in [6.45, 7) is 4.49. The van der Waals surface area contributed by atoms with Gasteiger partial charge in [-0.25, -0.2) is 4.79 Å². The fourth-order valence-corrected chi connectivity index (χ4v) is 2.00. The Bertz CT molecular complexity index is 717. The standard InChI is InChI=1S/C19H22N2O4/c1-14-8-9-17(12-15(14)2)24-13-18(22)20-10-11-21-19(23)25-16-6-4-3-5-7-16/h3-9,12H,10-11,13H2,1-2H3,(H,20,22)(H,21,23). The van der Waals surface area contributed by atoms with Crippen LogP contribution in [0.25, 0.3) is 0 Å². The summed E-state index contributed by atoms with van der Waals surface area (Å²) >= 11 is 0. The number of nitrogens with one attached hydrogen (secondary N) is 2. The average molecular weight is 342 g/mol. The SMILES string of the molecule is Cc1ccc(OCC(=O)NCCNC(=O)Oc2ccccc2)cc1C. The molecule has 0 spiro atoms. The zero-order valence-electron chi connectivity index (χ0n) is 14.4. The smallest absolute Gasteiger partial charge is 0.412 e. The number of ether oxygens (including phenoxy) is 2. The number of benzene rings is 2. The van der Waals surface area contributed by atoms with Crippen molar-refractivity contribution in [2.75, 3.05) is 19.7 Å². The van der Waals surface area contributed by atoms with Crippen molar-refractivity contribution >= 4 is 12.0 Å². The van der Waals surface area contributed by atoms with Crippen LogP contribution in [0.1, 0.15) is 11.1 Å². The minimum Gasteiger partial charge on any atom is -0.484 e. The van der Waals surface area contributed by atoms with Crippen molar-refractivity contribution in [1.29, 1.82) is 0 Å². The van der Waals surface area contributed by atoms with Crippen LogP contribution in [0.5, 0.6) is 11.5 Å². The van der Waals surface area contributed by atoms with Gasteiger partial charge in [-0.2, -0.15) is 0 Å². The maximum absolute atomic E-state index is 11.7. The fourth-order valence-electron chi connectivity index (χ4n) is 2.00. The number of carbonyl (C=O) groups excluding carboxylic acids is 2. The number of aryl methyl sites for hydroxylation is 2. The van der Waals surface area contributed by atoms with Crippen LogP contribution in [0.3, 0.4) is 0 Å². The van der Waals surface area contributed by atoms with E-state index in [1.807, 2.05) is 38.1 Å². The van der Waals surface area contributed by atoms with Crippen molar-refractivity contribution in [3.05, 3.63) is 59.7 Å². The molecular formula is C19H22N2O4. The highest BCUT2D eigenvalue weighted by Crippen LogP contribution is 2.16. The van der Waals surface area contributed by atoms with Gasteiger partial charge >= 0.3 is 6.09 Å². The highest BCUT2D eigenvalue weighted by Gasteiger charge is 2.05. The van der Waals surface area contributed by atoms with Gasteiger partial charge < -0.3 is 20.1 Å². The first kappa shape index (κ1) is 18.3. The second-order valence-electron chi connectivity index (χ2n) is 5.51.